The quantitative estimate of drug-likeness (QED) is 0.925. The molecular weight excluding hydrogens is 268 g/mol. The van der Waals surface area contributed by atoms with Crippen molar-refractivity contribution in [1.29, 1.82) is 0 Å². The van der Waals surface area contributed by atoms with Crippen LogP contribution in [0.25, 0.3) is 0 Å². The molecule has 4 heteroatoms. The predicted molar refractivity (Wildman–Crippen MR) is 85.1 cm³/mol. The number of carbonyl (C=O) groups excluding carboxylic acids is 1. The van der Waals surface area contributed by atoms with Gasteiger partial charge >= 0.3 is 0 Å². The lowest BCUT2D eigenvalue weighted by molar-refractivity contribution is -0.131. The highest BCUT2D eigenvalue weighted by Gasteiger charge is 2.23. The van der Waals surface area contributed by atoms with Gasteiger partial charge in [0, 0.05) is 29.4 Å². The molecule has 1 amide bonds. The van der Waals surface area contributed by atoms with E-state index in [0.29, 0.717) is 0 Å². The lowest BCUT2D eigenvalue weighted by Crippen LogP contribution is -2.43. The first-order chi connectivity index (χ1) is 9.38. The number of carbonyl (C=O) groups is 1. The summed E-state index contributed by atoms with van der Waals surface area (Å²) in [5, 5.41) is 3.36. The number of thiophene rings is 1. The van der Waals surface area contributed by atoms with Crippen molar-refractivity contribution in [2.24, 2.45) is 0 Å². The topological polar surface area (TPSA) is 32.3 Å². The molecular formula is C16H26N2OS. The van der Waals surface area contributed by atoms with Crippen LogP contribution in [0.15, 0.2) is 12.1 Å². The van der Waals surface area contributed by atoms with Crippen molar-refractivity contribution in [3.05, 3.63) is 21.9 Å². The largest absolute Gasteiger partial charge is 0.341 e. The van der Waals surface area contributed by atoms with Crippen LogP contribution in [-0.2, 0) is 16.8 Å². The second-order valence-corrected chi connectivity index (χ2v) is 7.82. The minimum Gasteiger partial charge on any atom is -0.341 e. The molecule has 0 aliphatic carbocycles. The van der Waals surface area contributed by atoms with E-state index in [2.05, 4.69) is 38.2 Å². The summed E-state index contributed by atoms with van der Waals surface area (Å²) >= 11 is 1.84. The van der Waals surface area contributed by atoms with E-state index >= 15 is 0 Å². The second kappa shape index (κ2) is 6.27. The number of nitrogens with zero attached hydrogens (tertiary/aromatic N) is 1. The average molecular weight is 294 g/mol. The fourth-order valence-corrected chi connectivity index (χ4v) is 3.44. The molecule has 1 unspecified atom stereocenters. The number of rotatable bonds is 4. The van der Waals surface area contributed by atoms with E-state index in [9.17, 15) is 4.79 Å². The maximum Gasteiger partial charge on any atom is 0.239 e. The summed E-state index contributed by atoms with van der Waals surface area (Å²) in [6.45, 7) is 11.3. The monoisotopic (exact) mass is 294 g/mol. The molecule has 0 spiro atoms. The Kier molecular flexibility index (Phi) is 4.86. The molecule has 0 aromatic carbocycles. The number of amides is 1. The maximum atomic E-state index is 12.2. The normalized spacial score (nSPS) is 17.5. The van der Waals surface area contributed by atoms with Gasteiger partial charge in [0.05, 0.1) is 6.04 Å². The highest BCUT2D eigenvalue weighted by molar-refractivity contribution is 7.12. The van der Waals surface area contributed by atoms with Gasteiger partial charge in [-0.15, -0.1) is 11.3 Å². The summed E-state index contributed by atoms with van der Waals surface area (Å²) in [5.74, 6) is 0.245. The summed E-state index contributed by atoms with van der Waals surface area (Å²) in [7, 11) is 0. The minimum atomic E-state index is -0.0895. The SMILES string of the molecule is CC(NCc1ccc(C(C)(C)C)s1)C(=O)N1CCCC1. The summed E-state index contributed by atoms with van der Waals surface area (Å²) in [6.07, 6.45) is 2.30. The Bertz CT molecular complexity index is 455. The molecule has 3 nitrogen and oxygen atoms in total. The molecule has 1 aromatic heterocycles. The molecule has 1 atom stereocenters. The van der Waals surface area contributed by atoms with Crippen LogP contribution < -0.4 is 5.32 Å². The third kappa shape index (κ3) is 3.83. The van der Waals surface area contributed by atoms with Crippen LogP contribution in [0.5, 0.6) is 0 Å². The van der Waals surface area contributed by atoms with Gasteiger partial charge in [-0.1, -0.05) is 20.8 Å². The van der Waals surface area contributed by atoms with E-state index in [0.717, 1.165) is 32.5 Å². The molecule has 1 aromatic rings. The molecule has 2 rings (SSSR count). The van der Waals surface area contributed by atoms with E-state index in [4.69, 9.17) is 0 Å². The fourth-order valence-electron chi connectivity index (χ4n) is 2.43. The van der Waals surface area contributed by atoms with Crippen LogP contribution in [0, 0.1) is 0 Å². The third-order valence-corrected chi connectivity index (χ3v) is 5.28. The standard InChI is InChI=1S/C16H26N2OS/c1-12(15(19)18-9-5-6-10-18)17-11-13-7-8-14(20-13)16(2,3)4/h7-8,12,17H,5-6,9-11H2,1-4H3. The molecule has 0 bridgehead atoms. The Morgan fingerprint density at radius 1 is 1.35 bits per heavy atom. The van der Waals surface area contributed by atoms with Crippen LogP contribution in [-0.4, -0.2) is 29.9 Å². The Hall–Kier alpha value is -0.870. The van der Waals surface area contributed by atoms with E-state index in [1.54, 1.807) is 0 Å². The van der Waals surface area contributed by atoms with Gasteiger partial charge in [0.1, 0.15) is 0 Å². The molecule has 2 heterocycles. The second-order valence-electron chi connectivity index (χ2n) is 6.65. The van der Waals surface area contributed by atoms with Gasteiger partial charge in [-0.2, -0.15) is 0 Å². The summed E-state index contributed by atoms with van der Waals surface area (Å²) in [6, 6.07) is 4.29. The first-order valence-corrected chi connectivity index (χ1v) is 8.31. The number of likely N-dealkylation sites (tertiary alicyclic amines) is 1. The van der Waals surface area contributed by atoms with Gasteiger partial charge in [0.15, 0.2) is 0 Å². The Labute approximate surface area is 126 Å². The zero-order valence-corrected chi connectivity index (χ0v) is 13.8. The molecule has 1 N–H and O–H groups in total. The first-order valence-electron chi connectivity index (χ1n) is 7.49. The van der Waals surface area contributed by atoms with Gasteiger partial charge in [-0.25, -0.2) is 0 Å². The molecule has 20 heavy (non-hydrogen) atoms. The zero-order chi connectivity index (χ0) is 14.8. The summed E-state index contributed by atoms with van der Waals surface area (Å²) < 4.78 is 0. The van der Waals surface area contributed by atoms with Crippen LogP contribution in [0.4, 0.5) is 0 Å². The fraction of sp³-hybridized carbons (Fsp3) is 0.688. The van der Waals surface area contributed by atoms with Crippen molar-refractivity contribution in [2.75, 3.05) is 13.1 Å². The van der Waals surface area contributed by atoms with E-state index in [-0.39, 0.29) is 17.4 Å². The van der Waals surface area contributed by atoms with Crippen molar-refractivity contribution in [1.82, 2.24) is 10.2 Å². The van der Waals surface area contributed by atoms with Crippen molar-refractivity contribution in [3.63, 3.8) is 0 Å². The lowest BCUT2D eigenvalue weighted by Gasteiger charge is -2.21. The van der Waals surface area contributed by atoms with Crippen LogP contribution in [0.2, 0.25) is 0 Å². The number of hydrogen-bond acceptors (Lipinski definition) is 3. The first kappa shape index (κ1) is 15.5. The number of hydrogen-bond donors (Lipinski definition) is 1. The van der Waals surface area contributed by atoms with Crippen molar-refractivity contribution >= 4 is 17.2 Å². The van der Waals surface area contributed by atoms with Gasteiger partial charge in [0.25, 0.3) is 0 Å². The Morgan fingerprint density at radius 3 is 2.55 bits per heavy atom. The van der Waals surface area contributed by atoms with Gasteiger partial charge < -0.3 is 10.2 Å². The highest BCUT2D eigenvalue weighted by Crippen LogP contribution is 2.29. The van der Waals surface area contributed by atoms with Crippen molar-refractivity contribution in [2.45, 2.75) is 58.5 Å². The average Bonchev–Trinajstić information content (AvgIpc) is 3.04. The molecule has 112 valence electrons. The molecule has 0 saturated carbocycles. The summed E-state index contributed by atoms with van der Waals surface area (Å²) in [5.41, 5.74) is 0.208. The van der Waals surface area contributed by atoms with Gasteiger partial charge in [-0.05, 0) is 37.3 Å². The highest BCUT2D eigenvalue weighted by atomic mass is 32.1. The molecule has 1 fully saturated rings. The van der Waals surface area contributed by atoms with Gasteiger partial charge in [-0.3, -0.25) is 4.79 Å². The smallest absolute Gasteiger partial charge is 0.239 e. The van der Waals surface area contributed by atoms with Crippen molar-refractivity contribution in [3.8, 4) is 0 Å². The molecule has 0 radical (unpaired) electrons. The number of nitrogens with one attached hydrogen (secondary N) is 1. The molecule has 1 aliphatic rings. The maximum absolute atomic E-state index is 12.2. The predicted octanol–water partition coefficient (Wildman–Crippen LogP) is 3.15. The van der Waals surface area contributed by atoms with Gasteiger partial charge in [0.2, 0.25) is 5.91 Å². The molecule has 1 aliphatic heterocycles. The Balaban J connectivity index is 1.85. The lowest BCUT2D eigenvalue weighted by atomic mass is 9.95. The van der Waals surface area contributed by atoms with E-state index < -0.39 is 0 Å². The minimum absolute atomic E-state index is 0.0895. The summed E-state index contributed by atoms with van der Waals surface area (Å²) in [4.78, 5) is 16.9. The van der Waals surface area contributed by atoms with E-state index in [1.807, 2.05) is 23.2 Å². The zero-order valence-electron chi connectivity index (χ0n) is 13.0. The van der Waals surface area contributed by atoms with Crippen molar-refractivity contribution < 1.29 is 4.79 Å². The van der Waals surface area contributed by atoms with Crippen LogP contribution in [0.3, 0.4) is 0 Å². The van der Waals surface area contributed by atoms with E-state index in [1.165, 1.54) is 9.75 Å². The third-order valence-electron chi connectivity index (χ3n) is 3.77. The molecule has 1 saturated heterocycles. The van der Waals surface area contributed by atoms with Crippen LogP contribution in [0.1, 0.15) is 50.3 Å². The Morgan fingerprint density at radius 2 is 2.00 bits per heavy atom. The van der Waals surface area contributed by atoms with Crippen LogP contribution >= 0.6 is 11.3 Å².